The molecule has 0 spiro atoms. The van der Waals surface area contributed by atoms with Crippen molar-refractivity contribution in [2.75, 3.05) is 65.0 Å². The maximum Gasteiger partial charge on any atom is 0.251 e. The summed E-state index contributed by atoms with van der Waals surface area (Å²) < 4.78 is 17.7. The Bertz CT molecular complexity index is 1130. The third-order valence-electron chi connectivity index (χ3n) is 6.11. The number of anilines is 1. The number of nitrogens with zero attached hydrogens (tertiary/aromatic N) is 3. The molecule has 0 aliphatic carbocycles. The van der Waals surface area contributed by atoms with Crippen molar-refractivity contribution in [3.05, 3.63) is 42.0 Å². The lowest BCUT2D eigenvalue weighted by Gasteiger charge is -2.34. The van der Waals surface area contributed by atoms with Crippen LogP contribution in [0.2, 0.25) is 0 Å². The van der Waals surface area contributed by atoms with Gasteiger partial charge in [0.05, 0.1) is 25.5 Å². The number of benzene rings is 2. The lowest BCUT2D eigenvalue weighted by molar-refractivity contribution is 0.0947. The fourth-order valence-electron chi connectivity index (χ4n) is 4.09. The zero-order valence-electron chi connectivity index (χ0n) is 20.7. The summed E-state index contributed by atoms with van der Waals surface area (Å²) in [5.41, 5.74) is 1.48. The highest BCUT2D eigenvalue weighted by atomic mass is 32.1. The molecule has 0 unspecified atom stereocenters. The van der Waals surface area contributed by atoms with E-state index >= 15 is 0 Å². The summed E-state index contributed by atoms with van der Waals surface area (Å²) in [6.45, 7) is 7.86. The number of rotatable bonds is 11. The van der Waals surface area contributed by atoms with Gasteiger partial charge in [0.2, 0.25) is 0 Å². The molecule has 1 amide bonds. The number of carbonyl (C=O) groups is 1. The molecule has 0 bridgehead atoms. The van der Waals surface area contributed by atoms with Gasteiger partial charge in [0, 0.05) is 44.8 Å². The Balaban J connectivity index is 1.25. The van der Waals surface area contributed by atoms with E-state index in [-0.39, 0.29) is 5.91 Å². The Labute approximate surface area is 210 Å². The fourth-order valence-corrected chi connectivity index (χ4v) is 5.10. The molecule has 35 heavy (non-hydrogen) atoms. The van der Waals surface area contributed by atoms with Gasteiger partial charge in [-0.2, -0.15) is 0 Å². The second-order valence-electron chi connectivity index (χ2n) is 8.46. The SMILES string of the molecule is CCCCOc1cccc(C(=O)NCCN2CCN(c3nc4c(OC)c(OC)ccc4s3)CC2)c1. The topological polar surface area (TPSA) is 76.2 Å². The fraction of sp³-hybridized carbons (Fsp3) is 0.462. The van der Waals surface area contributed by atoms with E-state index in [9.17, 15) is 4.79 Å². The maximum atomic E-state index is 12.6. The predicted octanol–water partition coefficient (Wildman–Crippen LogP) is 4.04. The van der Waals surface area contributed by atoms with E-state index in [4.69, 9.17) is 19.2 Å². The summed E-state index contributed by atoms with van der Waals surface area (Å²) in [7, 11) is 3.28. The summed E-state index contributed by atoms with van der Waals surface area (Å²) in [5.74, 6) is 2.05. The van der Waals surface area contributed by atoms with Crippen molar-refractivity contribution in [2.45, 2.75) is 19.8 Å². The van der Waals surface area contributed by atoms with E-state index in [2.05, 4.69) is 22.0 Å². The first-order valence-corrected chi connectivity index (χ1v) is 12.9. The monoisotopic (exact) mass is 498 g/mol. The minimum absolute atomic E-state index is 0.0663. The molecule has 3 aromatic rings. The molecule has 1 N–H and O–H groups in total. The van der Waals surface area contributed by atoms with Crippen LogP contribution in [0.3, 0.4) is 0 Å². The summed E-state index contributed by atoms with van der Waals surface area (Å²) >= 11 is 1.67. The van der Waals surface area contributed by atoms with Crippen molar-refractivity contribution in [2.24, 2.45) is 0 Å². The molecule has 1 fully saturated rings. The molecule has 1 saturated heterocycles. The molecular formula is C26H34N4O4S. The van der Waals surface area contributed by atoms with Crippen molar-refractivity contribution in [1.29, 1.82) is 0 Å². The largest absolute Gasteiger partial charge is 0.494 e. The summed E-state index contributed by atoms with van der Waals surface area (Å²) in [6.07, 6.45) is 2.09. The third kappa shape index (κ3) is 6.15. The average Bonchev–Trinajstić information content (AvgIpc) is 3.33. The average molecular weight is 499 g/mol. The van der Waals surface area contributed by atoms with Crippen LogP contribution < -0.4 is 24.4 Å². The van der Waals surface area contributed by atoms with Crippen LogP contribution in [-0.4, -0.2) is 75.9 Å². The smallest absolute Gasteiger partial charge is 0.251 e. The molecule has 0 saturated carbocycles. The number of nitrogens with one attached hydrogen (secondary N) is 1. The molecule has 1 aliphatic rings. The van der Waals surface area contributed by atoms with Crippen molar-refractivity contribution < 1.29 is 19.0 Å². The van der Waals surface area contributed by atoms with Crippen LogP contribution in [0.25, 0.3) is 10.2 Å². The van der Waals surface area contributed by atoms with Gasteiger partial charge in [0.15, 0.2) is 16.6 Å². The number of aromatic nitrogens is 1. The number of hydrogen-bond donors (Lipinski definition) is 1. The minimum Gasteiger partial charge on any atom is -0.494 e. The maximum absolute atomic E-state index is 12.6. The first kappa shape index (κ1) is 25.1. The van der Waals surface area contributed by atoms with Crippen molar-refractivity contribution in [3.63, 3.8) is 0 Å². The highest BCUT2D eigenvalue weighted by Gasteiger charge is 2.22. The highest BCUT2D eigenvalue weighted by Crippen LogP contribution is 2.40. The van der Waals surface area contributed by atoms with Crippen molar-refractivity contribution >= 4 is 32.6 Å². The number of unbranched alkanes of at least 4 members (excludes halogenated alkanes) is 1. The van der Waals surface area contributed by atoms with Crippen LogP contribution >= 0.6 is 11.3 Å². The third-order valence-corrected chi connectivity index (χ3v) is 7.19. The number of carbonyl (C=O) groups excluding carboxylic acids is 1. The van der Waals surface area contributed by atoms with Crippen molar-refractivity contribution in [3.8, 4) is 17.2 Å². The van der Waals surface area contributed by atoms with Gasteiger partial charge in [0.1, 0.15) is 11.3 Å². The van der Waals surface area contributed by atoms with E-state index in [0.717, 1.165) is 66.7 Å². The second-order valence-corrected chi connectivity index (χ2v) is 9.47. The van der Waals surface area contributed by atoms with Gasteiger partial charge >= 0.3 is 0 Å². The van der Waals surface area contributed by atoms with E-state index < -0.39 is 0 Å². The predicted molar refractivity (Wildman–Crippen MR) is 141 cm³/mol. The Morgan fingerprint density at radius 2 is 1.94 bits per heavy atom. The molecular weight excluding hydrogens is 464 g/mol. The number of hydrogen-bond acceptors (Lipinski definition) is 8. The molecule has 1 aromatic heterocycles. The summed E-state index contributed by atoms with van der Waals surface area (Å²) in [5, 5.41) is 4.04. The van der Waals surface area contributed by atoms with Crippen LogP contribution in [0.5, 0.6) is 17.2 Å². The van der Waals surface area contributed by atoms with Crippen LogP contribution in [0.4, 0.5) is 5.13 Å². The quantitative estimate of drug-likeness (QED) is 0.400. The Kier molecular flexibility index (Phi) is 8.65. The van der Waals surface area contributed by atoms with Gasteiger partial charge in [0.25, 0.3) is 5.91 Å². The summed E-state index contributed by atoms with van der Waals surface area (Å²) in [4.78, 5) is 22.1. The normalized spacial score (nSPS) is 14.2. The molecule has 2 heterocycles. The molecule has 0 radical (unpaired) electrons. The molecule has 2 aromatic carbocycles. The number of piperazine rings is 1. The first-order chi connectivity index (χ1) is 17.1. The van der Waals surface area contributed by atoms with Crippen LogP contribution in [0, 0.1) is 0 Å². The lowest BCUT2D eigenvalue weighted by Crippen LogP contribution is -2.48. The number of thiazole rings is 1. The zero-order valence-corrected chi connectivity index (χ0v) is 21.5. The number of amides is 1. The standard InChI is InChI=1S/C26H34N4O4S/c1-4-5-17-34-20-8-6-7-19(18-20)25(31)27-11-12-29-13-15-30(16-14-29)26-28-23-22(35-26)10-9-21(32-2)24(23)33-3/h6-10,18H,4-5,11-17H2,1-3H3,(H,27,31). The van der Waals surface area contributed by atoms with Gasteiger partial charge in [-0.1, -0.05) is 30.7 Å². The first-order valence-electron chi connectivity index (χ1n) is 12.1. The summed E-state index contributed by atoms with van der Waals surface area (Å²) in [6, 6.07) is 11.3. The van der Waals surface area contributed by atoms with Gasteiger partial charge in [-0.3, -0.25) is 9.69 Å². The Hall–Kier alpha value is -3.04. The Morgan fingerprint density at radius 3 is 2.69 bits per heavy atom. The number of fused-ring (bicyclic) bond motifs is 1. The van der Waals surface area contributed by atoms with Gasteiger partial charge in [-0.05, 0) is 36.8 Å². The lowest BCUT2D eigenvalue weighted by atomic mass is 10.2. The zero-order chi connectivity index (χ0) is 24.6. The molecule has 188 valence electrons. The van der Waals surface area contributed by atoms with Gasteiger partial charge < -0.3 is 24.4 Å². The van der Waals surface area contributed by atoms with E-state index in [1.54, 1.807) is 25.6 Å². The van der Waals surface area contributed by atoms with Gasteiger partial charge in [-0.15, -0.1) is 0 Å². The molecule has 4 rings (SSSR count). The molecule has 9 heteroatoms. The second kappa shape index (κ2) is 12.1. The van der Waals surface area contributed by atoms with Crippen LogP contribution in [-0.2, 0) is 0 Å². The highest BCUT2D eigenvalue weighted by molar-refractivity contribution is 7.22. The molecule has 1 aliphatic heterocycles. The van der Waals surface area contributed by atoms with E-state index in [1.807, 2.05) is 36.4 Å². The van der Waals surface area contributed by atoms with E-state index in [1.165, 1.54) is 0 Å². The van der Waals surface area contributed by atoms with Crippen LogP contribution in [0.15, 0.2) is 36.4 Å². The van der Waals surface area contributed by atoms with Crippen molar-refractivity contribution in [1.82, 2.24) is 15.2 Å². The van der Waals surface area contributed by atoms with Gasteiger partial charge in [-0.25, -0.2) is 4.98 Å². The van der Waals surface area contributed by atoms with Crippen LogP contribution in [0.1, 0.15) is 30.1 Å². The van der Waals surface area contributed by atoms with E-state index in [0.29, 0.717) is 30.2 Å². The number of ether oxygens (including phenoxy) is 3. The molecule has 0 atom stereocenters. The Morgan fingerprint density at radius 1 is 1.11 bits per heavy atom. The number of methoxy groups -OCH3 is 2. The molecule has 8 nitrogen and oxygen atoms in total. The minimum atomic E-state index is -0.0663.